The van der Waals surface area contributed by atoms with Crippen molar-refractivity contribution < 1.29 is 19.2 Å². The number of hydrogen-bond donors (Lipinski definition) is 1. The summed E-state index contributed by atoms with van der Waals surface area (Å²) in [6.45, 7) is 14.1. The van der Waals surface area contributed by atoms with Gasteiger partial charge in [0.2, 0.25) is 0 Å². The van der Waals surface area contributed by atoms with Gasteiger partial charge in [-0.3, -0.25) is 14.4 Å². The lowest BCUT2D eigenvalue weighted by Gasteiger charge is -2.20. The lowest BCUT2D eigenvalue weighted by Crippen LogP contribution is -2.60. The van der Waals surface area contributed by atoms with Gasteiger partial charge in [-0.05, 0) is 37.5 Å². The second-order valence-electron chi connectivity index (χ2n) is 4.04. The van der Waals surface area contributed by atoms with Crippen LogP contribution in [-0.2, 0) is 14.4 Å². The Morgan fingerprint density at radius 1 is 0.765 bits per heavy atom. The molecule has 0 aromatic heterocycles. The minimum atomic E-state index is -4.46. The van der Waals surface area contributed by atoms with Crippen LogP contribution in [0.2, 0.25) is 0 Å². The Balaban J connectivity index is 5.86. The number of allylic oxidation sites excluding steroid dienone is 3. The molecular weight excluding hydrogens is 236 g/mol. The summed E-state index contributed by atoms with van der Waals surface area (Å²) in [5.74, 6) is 0. The first-order valence-corrected chi connectivity index (χ1v) is 6.84. The molecule has 0 spiro atoms. The summed E-state index contributed by atoms with van der Waals surface area (Å²) in [5, 5.41) is -2.67. The summed E-state index contributed by atoms with van der Waals surface area (Å²) >= 11 is 0. The summed E-state index contributed by atoms with van der Waals surface area (Å²) in [7, 11) is -4.46. The number of carbonyl (C=O) groups excluding carboxylic acids is 3. The van der Waals surface area contributed by atoms with Gasteiger partial charge < -0.3 is 4.80 Å². The van der Waals surface area contributed by atoms with E-state index in [1.165, 1.54) is 20.8 Å². The third kappa shape index (κ3) is 2.75. The predicted molar refractivity (Wildman–Crippen MR) is 67.4 cm³/mol. The van der Waals surface area contributed by atoms with E-state index in [1.807, 2.05) is 0 Å². The molecule has 0 aliphatic carbocycles. The molecule has 5 heteroatoms. The molecule has 17 heavy (non-hydrogen) atoms. The van der Waals surface area contributed by atoms with Crippen molar-refractivity contribution in [3.05, 3.63) is 36.5 Å². The van der Waals surface area contributed by atoms with Crippen LogP contribution in [0, 0.1) is 0 Å². The Morgan fingerprint density at radius 2 is 0.941 bits per heavy atom. The molecule has 0 atom stereocenters. The van der Waals surface area contributed by atoms with Crippen LogP contribution in [0.25, 0.3) is 0 Å². The maximum atomic E-state index is 11.8. The molecular formula is C12H16O4Si. The zero-order valence-electron chi connectivity index (χ0n) is 10.3. The third-order valence-electron chi connectivity index (χ3n) is 2.15. The Labute approximate surface area is 101 Å². The number of rotatable bonds is 6. The van der Waals surface area contributed by atoms with Crippen LogP contribution in [0.15, 0.2) is 36.5 Å². The van der Waals surface area contributed by atoms with E-state index < -0.39 is 24.5 Å². The second kappa shape index (κ2) is 5.16. The van der Waals surface area contributed by atoms with Crippen LogP contribution in [0.3, 0.4) is 0 Å². The number of hydrogen-bond acceptors (Lipinski definition) is 4. The van der Waals surface area contributed by atoms with Crippen molar-refractivity contribution in [2.75, 3.05) is 0 Å². The molecule has 0 unspecified atom stereocenters. The molecule has 0 aliphatic heterocycles. The molecule has 0 saturated heterocycles. The fourth-order valence-corrected chi connectivity index (χ4v) is 3.71. The van der Waals surface area contributed by atoms with Crippen LogP contribution >= 0.6 is 0 Å². The smallest absolute Gasteiger partial charge is 0.415 e. The second-order valence-corrected chi connectivity index (χ2v) is 6.82. The first-order valence-electron chi connectivity index (χ1n) is 4.90. The summed E-state index contributed by atoms with van der Waals surface area (Å²) in [4.78, 5) is 45.8. The van der Waals surface area contributed by atoms with Gasteiger partial charge in [0.1, 0.15) is 0 Å². The first-order chi connectivity index (χ1) is 7.56. The summed E-state index contributed by atoms with van der Waals surface area (Å²) < 4.78 is 0. The SMILES string of the molecule is C=C(C)C(=O)[Si](O)(C(=O)C(=C)C)C(=O)C(=C)C. The molecule has 0 aromatic carbocycles. The molecule has 0 radical (unpaired) electrons. The highest BCUT2D eigenvalue weighted by Gasteiger charge is 2.55. The molecule has 0 saturated carbocycles. The molecule has 0 bridgehead atoms. The molecule has 0 aliphatic rings. The van der Waals surface area contributed by atoms with Crippen molar-refractivity contribution in [1.29, 1.82) is 0 Å². The van der Waals surface area contributed by atoms with E-state index in [0.717, 1.165) is 0 Å². The predicted octanol–water partition coefficient (Wildman–Crippen LogP) is 0.977. The van der Waals surface area contributed by atoms with E-state index in [1.54, 1.807) is 0 Å². The van der Waals surface area contributed by atoms with Crippen molar-refractivity contribution >= 4 is 24.5 Å². The molecule has 0 aromatic rings. The van der Waals surface area contributed by atoms with Crippen LogP contribution in [0.5, 0.6) is 0 Å². The lowest BCUT2D eigenvalue weighted by molar-refractivity contribution is -0.118. The molecule has 0 fully saturated rings. The average Bonchev–Trinajstić information content (AvgIpc) is 2.24. The zero-order valence-corrected chi connectivity index (χ0v) is 11.3. The highest BCUT2D eigenvalue weighted by molar-refractivity contribution is 7.39. The van der Waals surface area contributed by atoms with Crippen molar-refractivity contribution in [1.82, 2.24) is 0 Å². The van der Waals surface area contributed by atoms with Gasteiger partial charge in [-0.1, -0.05) is 19.7 Å². The summed E-state index contributed by atoms with van der Waals surface area (Å²) in [5.41, 5.74) is -0.0740. The van der Waals surface area contributed by atoms with Gasteiger partial charge >= 0.3 is 8.32 Å². The fourth-order valence-electron chi connectivity index (χ4n) is 1.24. The largest absolute Gasteiger partial charge is 0.416 e. The van der Waals surface area contributed by atoms with Gasteiger partial charge in [0, 0.05) is 0 Å². The van der Waals surface area contributed by atoms with Crippen LogP contribution in [-0.4, -0.2) is 29.3 Å². The van der Waals surface area contributed by atoms with Gasteiger partial charge in [0.05, 0.1) is 0 Å². The standard InChI is InChI=1S/C12H16O4Si/c1-7(2)10(13)17(16,11(14)8(3)4)12(15)9(5)6/h16H,1,3,5H2,2,4,6H3. The Bertz CT molecular complexity index is 381. The number of carbonyl (C=O) groups is 3. The highest BCUT2D eigenvalue weighted by Crippen LogP contribution is 2.16. The van der Waals surface area contributed by atoms with Gasteiger partial charge in [-0.25, -0.2) is 0 Å². The Kier molecular flexibility index (Phi) is 4.67. The van der Waals surface area contributed by atoms with E-state index in [2.05, 4.69) is 19.7 Å². The minimum Gasteiger partial charge on any atom is -0.415 e. The fraction of sp³-hybridized carbons (Fsp3) is 0.250. The van der Waals surface area contributed by atoms with Crippen LogP contribution in [0.1, 0.15) is 20.8 Å². The molecule has 0 amide bonds. The first kappa shape index (κ1) is 15.4. The van der Waals surface area contributed by atoms with Gasteiger partial charge in [0.25, 0.3) is 0 Å². The van der Waals surface area contributed by atoms with Crippen molar-refractivity contribution in [3.63, 3.8) is 0 Å². The maximum absolute atomic E-state index is 11.8. The third-order valence-corrected chi connectivity index (χ3v) is 5.40. The summed E-state index contributed by atoms with van der Waals surface area (Å²) in [6, 6.07) is 0. The minimum absolute atomic E-state index is 0.0247. The summed E-state index contributed by atoms with van der Waals surface area (Å²) in [6.07, 6.45) is 0. The molecule has 92 valence electrons. The lowest BCUT2D eigenvalue weighted by atomic mass is 10.4. The van der Waals surface area contributed by atoms with E-state index >= 15 is 0 Å². The maximum Gasteiger partial charge on any atom is 0.416 e. The average molecular weight is 252 g/mol. The van der Waals surface area contributed by atoms with Crippen molar-refractivity contribution in [2.45, 2.75) is 20.8 Å². The van der Waals surface area contributed by atoms with Crippen LogP contribution in [0.4, 0.5) is 0 Å². The van der Waals surface area contributed by atoms with E-state index in [9.17, 15) is 19.2 Å². The molecule has 0 rings (SSSR count). The van der Waals surface area contributed by atoms with Crippen molar-refractivity contribution in [3.8, 4) is 0 Å². The van der Waals surface area contributed by atoms with E-state index in [-0.39, 0.29) is 16.7 Å². The Morgan fingerprint density at radius 3 is 1.06 bits per heavy atom. The zero-order chi connectivity index (χ0) is 14.0. The monoisotopic (exact) mass is 252 g/mol. The van der Waals surface area contributed by atoms with Crippen LogP contribution < -0.4 is 0 Å². The normalized spacial score (nSPS) is 10.6. The Hall–Kier alpha value is -1.59. The van der Waals surface area contributed by atoms with E-state index in [0.29, 0.717) is 0 Å². The highest BCUT2D eigenvalue weighted by atomic mass is 28.4. The molecule has 4 nitrogen and oxygen atoms in total. The van der Waals surface area contributed by atoms with Crippen molar-refractivity contribution in [2.24, 2.45) is 0 Å². The quantitative estimate of drug-likeness (QED) is 0.565. The van der Waals surface area contributed by atoms with Gasteiger partial charge in [0.15, 0.2) is 16.2 Å². The van der Waals surface area contributed by atoms with E-state index in [4.69, 9.17) is 0 Å². The molecule has 0 heterocycles. The topological polar surface area (TPSA) is 71.4 Å². The molecule has 1 N–H and O–H groups in total. The van der Waals surface area contributed by atoms with Gasteiger partial charge in [-0.2, -0.15) is 0 Å². The van der Waals surface area contributed by atoms with Gasteiger partial charge in [-0.15, -0.1) is 0 Å².